The first-order chi connectivity index (χ1) is 15.2. The van der Waals surface area contributed by atoms with Crippen molar-refractivity contribution in [3.05, 3.63) is 49.4 Å². The van der Waals surface area contributed by atoms with Gasteiger partial charge in [0.1, 0.15) is 16.6 Å². The SMILES string of the molecule is CCOC(=O)c1c(NC(=O)/C(C#N)=C\c2cc([N+](=O)[O-])cc(OC)c2OC)sc(C)c1C. The number of nitriles is 1. The van der Waals surface area contributed by atoms with Crippen molar-refractivity contribution in [3.63, 3.8) is 0 Å². The van der Waals surface area contributed by atoms with E-state index in [2.05, 4.69) is 5.32 Å². The zero-order chi connectivity index (χ0) is 24.0. The molecule has 0 bridgehead atoms. The van der Waals surface area contributed by atoms with Crippen LogP contribution in [0.1, 0.15) is 33.3 Å². The zero-order valence-electron chi connectivity index (χ0n) is 18.1. The zero-order valence-corrected chi connectivity index (χ0v) is 18.9. The van der Waals surface area contributed by atoms with E-state index in [-0.39, 0.29) is 45.5 Å². The monoisotopic (exact) mass is 459 g/mol. The Morgan fingerprint density at radius 2 is 1.97 bits per heavy atom. The molecule has 11 heteroatoms. The first kappa shape index (κ1) is 24.4. The number of nitro groups is 1. The minimum Gasteiger partial charge on any atom is -0.493 e. The average molecular weight is 459 g/mol. The second-order valence-electron chi connectivity index (χ2n) is 6.36. The summed E-state index contributed by atoms with van der Waals surface area (Å²) in [4.78, 5) is 36.6. The fourth-order valence-corrected chi connectivity index (χ4v) is 3.87. The van der Waals surface area contributed by atoms with Gasteiger partial charge in [-0.1, -0.05) is 0 Å². The van der Waals surface area contributed by atoms with Crippen molar-refractivity contribution in [2.45, 2.75) is 20.8 Å². The first-order valence-electron chi connectivity index (χ1n) is 9.29. The van der Waals surface area contributed by atoms with Crippen molar-refractivity contribution < 1.29 is 28.7 Å². The number of aryl methyl sites for hydroxylation is 1. The van der Waals surface area contributed by atoms with Crippen LogP contribution in [0.3, 0.4) is 0 Å². The highest BCUT2D eigenvalue weighted by Gasteiger charge is 2.24. The number of non-ortho nitro benzene ring substituents is 1. The number of carbonyl (C=O) groups excluding carboxylic acids is 2. The third-order valence-corrected chi connectivity index (χ3v) is 5.58. The number of ether oxygens (including phenoxy) is 3. The number of hydrogen-bond donors (Lipinski definition) is 1. The van der Waals surface area contributed by atoms with Gasteiger partial charge < -0.3 is 19.5 Å². The van der Waals surface area contributed by atoms with Crippen molar-refractivity contribution in [3.8, 4) is 17.6 Å². The summed E-state index contributed by atoms with van der Waals surface area (Å²) in [5.74, 6) is -1.20. The molecule has 2 rings (SSSR count). The highest BCUT2D eigenvalue weighted by atomic mass is 32.1. The van der Waals surface area contributed by atoms with Gasteiger partial charge in [-0.3, -0.25) is 14.9 Å². The maximum Gasteiger partial charge on any atom is 0.341 e. The molecular formula is C21H21N3O7S. The molecule has 0 unspecified atom stereocenters. The lowest BCUT2D eigenvalue weighted by Gasteiger charge is -2.11. The summed E-state index contributed by atoms with van der Waals surface area (Å²) in [6, 6.07) is 4.11. The topological polar surface area (TPSA) is 141 Å². The molecule has 1 amide bonds. The van der Waals surface area contributed by atoms with Crippen LogP contribution in [0.25, 0.3) is 6.08 Å². The van der Waals surface area contributed by atoms with Crippen LogP contribution >= 0.6 is 11.3 Å². The van der Waals surface area contributed by atoms with Crippen LogP contribution in [0, 0.1) is 35.3 Å². The van der Waals surface area contributed by atoms with Crippen LogP contribution in [0.15, 0.2) is 17.7 Å². The molecule has 168 valence electrons. The summed E-state index contributed by atoms with van der Waals surface area (Å²) in [7, 11) is 2.64. The average Bonchev–Trinajstić information content (AvgIpc) is 3.03. The number of anilines is 1. The molecule has 1 N–H and O–H groups in total. The van der Waals surface area contributed by atoms with Crippen molar-refractivity contribution in [2.24, 2.45) is 0 Å². The fraction of sp³-hybridized carbons (Fsp3) is 0.286. The lowest BCUT2D eigenvalue weighted by atomic mass is 10.1. The fourth-order valence-electron chi connectivity index (χ4n) is 2.83. The summed E-state index contributed by atoms with van der Waals surface area (Å²) in [5, 5.41) is 23.6. The quantitative estimate of drug-likeness (QED) is 0.205. The third-order valence-electron chi connectivity index (χ3n) is 4.46. The van der Waals surface area contributed by atoms with Gasteiger partial charge in [-0.05, 0) is 32.4 Å². The van der Waals surface area contributed by atoms with Gasteiger partial charge >= 0.3 is 5.97 Å². The third kappa shape index (κ3) is 5.04. The molecule has 32 heavy (non-hydrogen) atoms. The van der Waals surface area contributed by atoms with Crippen molar-refractivity contribution in [1.29, 1.82) is 5.26 Å². The van der Waals surface area contributed by atoms with E-state index in [0.717, 1.165) is 17.0 Å². The highest BCUT2D eigenvalue weighted by Crippen LogP contribution is 2.37. The number of thiophene rings is 1. The number of carbonyl (C=O) groups is 2. The van der Waals surface area contributed by atoms with Crippen molar-refractivity contribution in [2.75, 3.05) is 26.1 Å². The standard InChI is InChI=1S/C21H21N3O7S/c1-6-31-21(26)17-11(2)12(3)32-20(17)23-19(25)14(10-22)7-13-8-15(24(27)28)9-16(29-4)18(13)30-5/h7-9H,6H2,1-5H3,(H,23,25)/b14-7-. The Morgan fingerprint density at radius 3 is 2.50 bits per heavy atom. The van der Waals surface area contributed by atoms with Gasteiger partial charge in [0, 0.05) is 16.5 Å². The molecule has 1 heterocycles. The number of nitro benzene ring substituents is 1. The van der Waals surface area contributed by atoms with E-state index in [1.165, 1.54) is 31.6 Å². The second-order valence-corrected chi connectivity index (χ2v) is 7.58. The molecule has 0 atom stereocenters. The van der Waals surface area contributed by atoms with E-state index in [0.29, 0.717) is 5.56 Å². The lowest BCUT2D eigenvalue weighted by molar-refractivity contribution is -0.385. The van der Waals surface area contributed by atoms with Crippen molar-refractivity contribution >= 4 is 40.0 Å². The number of hydrogen-bond acceptors (Lipinski definition) is 9. The summed E-state index contributed by atoms with van der Waals surface area (Å²) in [5.41, 5.74) is 0.324. The van der Waals surface area contributed by atoms with Crippen LogP contribution in [0.2, 0.25) is 0 Å². The van der Waals surface area contributed by atoms with Crippen LogP contribution in [0.4, 0.5) is 10.7 Å². The molecule has 0 spiro atoms. The van der Waals surface area contributed by atoms with Gasteiger partial charge in [-0.25, -0.2) is 4.79 Å². The second kappa shape index (κ2) is 10.4. The van der Waals surface area contributed by atoms with Crippen LogP contribution < -0.4 is 14.8 Å². The Labute approximate surface area is 188 Å². The first-order valence-corrected chi connectivity index (χ1v) is 10.1. The van der Waals surface area contributed by atoms with Crippen molar-refractivity contribution in [1.82, 2.24) is 0 Å². The summed E-state index contributed by atoms with van der Waals surface area (Å²) in [6.45, 7) is 5.36. The molecular weight excluding hydrogens is 438 g/mol. The smallest absolute Gasteiger partial charge is 0.341 e. The predicted octanol–water partition coefficient (Wildman–Crippen LogP) is 4.01. The number of nitrogens with zero attached hydrogens (tertiary/aromatic N) is 2. The Hall–Kier alpha value is -3.91. The van der Waals surface area contributed by atoms with E-state index in [9.17, 15) is 25.0 Å². The number of methoxy groups -OCH3 is 2. The summed E-state index contributed by atoms with van der Waals surface area (Å²) >= 11 is 1.17. The summed E-state index contributed by atoms with van der Waals surface area (Å²) < 4.78 is 15.4. The van der Waals surface area contributed by atoms with E-state index < -0.39 is 16.8 Å². The Kier molecular flexibility index (Phi) is 7.92. The minimum absolute atomic E-state index is 0.0692. The van der Waals surface area contributed by atoms with Gasteiger partial charge in [0.25, 0.3) is 11.6 Å². The molecule has 0 aliphatic carbocycles. The number of esters is 1. The van der Waals surface area contributed by atoms with Gasteiger partial charge in [0.05, 0.1) is 37.4 Å². The Balaban J connectivity index is 2.51. The van der Waals surface area contributed by atoms with Gasteiger partial charge in [0.15, 0.2) is 11.5 Å². The maximum atomic E-state index is 12.8. The molecule has 0 fully saturated rings. The van der Waals surface area contributed by atoms with Crippen LogP contribution in [-0.2, 0) is 9.53 Å². The number of amides is 1. The largest absolute Gasteiger partial charge is 0.493 e. The van der Waals surface area contributed by atoms with E-state index in [1.54, 1.807) is 26.8 Å². The molecule has 0 saturated heterocycles. The van der Waals surface area contributed by atoms with Crippen LogP contribution in [-0.4, -0.2) is 37.6 Å². The normalized spacial score (nSPS) is 10.8. The number of nitrogens with one attached hydrogen (secondary N) is 1. The minimum atomic E-state index is -0.799. The molecule has 0 saturated carbocycles. The summed E-state index contributed by atoms with van der Waals surface area (Å²) in [6.07, 6.45) is 1.15. The number of rotatable bonds is 8. The Bertz CT molecular complexity index is 1150. The van der Waals surface area contributed by atoms with E-state index in [1.807, 2.05) is 0 Å². The molecule has 0 aliphatic heterocycles. The van der Waals surface area contributed by atoms with E-state index >= 15 is 0 Å². The molecule has 10 nitrogen and oxygen atoms in total. The van der Waals surface area contributed by atoms with Gasteiger partial charge in [-0.2, -0.15) is 5.26 Å². The lowest BCUT2D eigenvalue weighted by Crippen LogP contribution is -2.16. The molecule has 1 aromatic heterocycles. The molecule has 2 aromatic rings. The highest BCUT2D eigenvalue weighted by molar-refractivity contribution is 7.16. The molecule has 0 aliphatic rings. The Morgan fingerprint density at radius 1 is 1.28 bits per heavy atom. The maximum absolute atomic E-state index is 12.8. The van der Waals surface area contributed by atoms with E-state index in [4.69, 9.17) is 14.2 Å². The van der Waals surface area contributed by atoms with Gasteiger partial charge in [0.2, 0.25) is 0 Å². The van der Waals surface area contributed by atoms with Crippen LogP contribution in [0.5, 0.6) is 11.5 Å². The predicted molar refractivity (Wildman–Crippen MR) is 118 cm³/mol. The number of benzene rings is 1. The molecule has 1 aromatic carbocycles. The van der Waals surface area contributed by atoms with Gasteiger partial charge in [-0.15, -0.1) is 11.3 Å². The molecule has 0 radical (unpaired) electrons.